The highest BCUT2D eigenvalue weighted by atomic mass is 31.2. The molecule has 0 saturated heterocycles. The van der Waals surface area contributed by atoms with Gasteiger partial charge >= 0.3 is 7.82 Å². The first-order valence-corrected chi connectivity index (χ1v) is 4.11. The highest BCUT2D eigenvalue weighted by molar-refractivity contribution is 7.48. The van der Waals surface area contributed by atoms with Crippen molar-refractivity contribution in [3.63, 3.8) is 0 Å². The lowest BCUT2D eigenvalue weighted by molar-refractivity contribution is -0.116. The zero-order valence-corrected chi connectivity index (χ0v) is 6.59. The topological polar surface area (TPSA) is 44.8 Å². The van der Waals surface area contributed by atoms with E-state index < -0.39 is 7.82 Å². The lowest BCUT2D eigenvalue weighted by Gasteiger charge is -2.03. The van der Waals surface area contributed by atoms with E-state index in [1.54, 1.807) is 13.0 Å². The van der Waals surface area contributed by atoms with Crippen molar-refractivity contribution in [2.75, 3.05) is 6.61 Å². The Kier molecular flexibility index (Phi) is 5.23. The first-order valence-electron chi connectivity index (χ1n) is 2.65. The van der Waals surface area contributed by atoms with Crippen molar-refractivity contribution in [1.82, 2.24) is 0 Å². The molecule has 0 amide bonds. The zero-order chi connectivity index (χ0) is 8.74. The fourth-order valence-corrected chi connectivity index (χ4v) is 0.651. The summed E-state index contributed by atoms with van der Waals surface area (Å²) >= 11 is 0. The van der Waals surface area contributed by atoms with E-state index in [1.807, 2.05) is 0 Å². The van der Waals surface area contributed by atoms with Gasteiger partial charge in [0.05, 0.1) is 6.61 Å². The summed E-state index contributed by atoms with van der Waals surface area (Å²) in [6, 6.07) is 0. The summed E-state index contributed by atoms with van der Waals surface area (Å²) in [6.45, 7) is 1.41. The Bertz CT molecular complexity index is 163. The molecule has 4 nitrogen and oxygen atoms in total. The molecule has 66 valence electrons. The molecule has 0 aromatic heterocycles. The average molecular weight is 188 g/mol. The molecule has 0 saturated carbocycles. The van der Waals surface area contributed by atoms with Crippen LogP contribution in [0.15, 0.2) is 12.2 Å². The molecule has 0 unspecified atom stereocenters. The van der Waals surface area contributed by atoms with Gasteiger partial charge in [0.25, 0.3) is 0 Å². The third-order valence-corrected chi connectivity index (χ3v) is 1.54. The predicted octanol–water partition coefficient (Wildman–Crippen LogP) is 2.49. The van der Waals surface area contributed by atoms with E-state index in [9.17, 15) is 13.6 Å². The Morgan fingerprint density at radius 3 is 2.36 bits per heavy atom. The number of hydrogen-bond acceptors (Lipinski definition) is 4. The summed E-state index contributed by atoms with van der Waals surface area (Å²) in [7, 11) is -4.60. The third-order valence-electron chi connectivity index (χ3n) is 0.734. The number of allylic oxidation sites excluding steroid dienone is 1. The minimum atomic E-state index is -4.60. The molecule has 0 aromatic carbocycles. The molecular formula is C4H7F2O4P. The molecule has 0 aliphatic rings. The molecule has 0 radical (unpaired) electrons. The standard InChI is InChI=1S/C4H7F2O4P/c1-2-3-4-8-11(7,9-5)10-6/h2-3H,4H2,1H3. The van der Waals surface area contributed by atoms with Crippen LogP contribution in [-0.4, -0.2) is 6.61 Å². The summed E-state index contributed by atoms with van der Waals surface area (Å²) in [6.07, 6.45) is 2.92. The predicted molar refractivity (Wildman–Crippen MR) is 32.8 cm³/mol. The Morgan fingerprint density at radius 1 is 1.45 bits per heavy atom. The molecule has 0 fully saturated rings. The van der Waals surface area contributed by atoms with Gasteiger partial charge in [0, 0.05) is 0 Å². The first kappa shape index (κ1) is 10.7. The van der Waals surface area contributed by atoms with Crippen LogP contribution in [0.3, 0.4) is 0 Å². The Balaban J connectivity index is 3.79. The van der Waals surface area contributed by atoms with Crippen LogP contribution >= 0.6 is 7.82 Å². The van der Waals surface area contributed by atoms with Gasteiger partial charge in [-0.2, -0.15) is 0 Å². The zero-order valence-electron chi connectivity index (χ0n) is 5.70. The Morgan fingerprint density at radius 2 is 2.00 bits per heavy atom. The summed E-state index contributed by atoms with van der Waals surface area (Å²) in [5.74, 6) is 0. The van der Waals surface area contributed by atoms with Crippen LogP contribution in [0.2, 0.25) is 0 Å². The molecule has 0 aliphatic heterocycles. The summed E-state index contributed by atoms with van der Waals surface area (Å²) in [4.78, 5) is 0. The largest absolute Gasteiger partial charge is 0.537 e. The third kappa shape index (κ3) is 4.21. The molecule has 0 aromatic rings. The minimum Gasteiger partial charge on any atom is -0.279 e. The van der Waals surface area contributed by atoms with Gasteiger partial charge in [-0.3, -0.25) is 4.52 Å². The quantitative estimate of drug-likeness (QED) is 0.491. The van der Waals surface area contributed by atoms with Crippen LogP contribution in [-0.2, 0) is 18.5 Å². The highest BCUT2D eigenvalue weighted by Crippen LogP contribution is 2.49. The molecule has 0 rings (SSSR count). The number of rotatable bonds is 5. The summed E-state index contributed by atoms with van der Waals surface area (Å²) in [5.41, 5.74) is 0. The maximum absolute atomic E-state index is 11.2. The molecule has 0 bridgehead atoms. The van der Waals surface area contributed by atoms with Gasteiger partial charge in [0.2, 0.25) is 0 Å². The van der Waals surface area contributed by atoms with Gasteiger partial charge in [-0.15, -0.1) is 0 Å². The molecule has 0 N–H and O–H groups in total. The van der Waals surface area contributed by atoms with Crippen LogP contribution in [0.25, 0.3) is 0 Å². The van der Waals surface area contributed by atoms with E-state index in [0.717, 1.165) is 0 Å². The molecule has 0 heterocycles. The molecule has 0 atom stereocenters. The van der Waals surface area contributed by atoms with E-state index in [2.05, 4.69) is 14.0 Å². The normalized spacial score (nSPS) is 12.6. The van der Waals surface area contributed by atoms with E-state index in [1.165, 1.54) is 6.08 Å². The van der Waals surface area contributed by atoms with Gasteiger partial charge in [0.15, 0.2) is 0 Å². The molecule has 0 aliphatic carbocycles. The number of hydrogen-bond donors (Lipinski definition) is 0. The van der Waals surface area contributed by atoms with E-state index in [-0.39, 0.29) is 6.61 Å². The maximum Gasteiger partial charge on any atom is 0.537 e. The SMILES string of the molecule is CC=CCOP(=O)(OF)OF. The second-order valence-electron chi connectivity index (χ2n) is 1.45. The van der Waals surface area contributed by atoms with Crippen molar-refractivity contribution in [1.29, 1.82) is 0 Å². The molecule has 7 heteroatoms. The van der Waals surface area contributed by atoms with Crippen LogP contribution in [0.5, 0.6) is 0 Å². The highest BCUT2D eigenvalue weighted by Gasteiger charge is 2.28. The van der Waals surface area contributed by atoms with Crippen molar-refractivity contribution in [2.24, 2.45) is 0 Å². The average Bonchev–Trinajstić information content (AvgIpc) is 2.05. The smallest absolute Gasteiger partial charge is 0.279 e. The van der Waals surface area contributed by atoms with E-state index in [4.69, 9.17) is 0 Å². The first-order chi connectivity index (χ1) is 5.18. The second kappa shape index (κ2) is 5.37. The van der Waals surface area contributed by atoms with Crippen LogP contribution < -0.4 is 0 Å². The van der Waals surface area contributed by atoms with E-state index >= 15 is 0 Å². The fraction of sp³-hybridized carbons (Fsp3) is 0.500. The second-order valence-corrected chi connectivity index (χ2v) is 2.88. The van der Waals surface area contributed by atoms with Gasteiger partial charge < -0.3 is 0 Å². The van der Waals surface area contributed by atoms with Crippen molar-refractivity contribution >= 4 is 7.82 Å². The monoisotopic (exact) mass is 188 g/mol. The fourth-order valence-electron chi connectivity index (χ4n) is 0.281. The van der Waals surface area contributed by atoms with Gasteiger partial charge in [-0.25, -0.2) is 4.57 Å². The summed E-state index contributed by atoms with van der Waals surface area (Å²) < 4.78 is 42.1. The van der Waals surface area contributed by atoms with Crippen molar-refractivity contribution in [2.45, 2.75) is 6.92 Å². The maximum atomic E-state index is 11.2. The molecule has 11 heavy (non-hydrogen) atoms. The molecular weight excluding hydrogens is 181 g/mol. The Hall–Kier alpha value is -0.290. The van der Waals surface area contributed by atoms with Gasteiger partial charge in [-0.1, -0.05) is 21.6 Å². The number of halogens is 2. The molecule has 0 spiro atoms. The van der Waals surface area contributed by atoms with Crippen LogP contribution in [0.4, 0.5) is 9.05 Å². The lowest BCUT2D eigenvalue weighted by atomic mass is 10.6. The van der Waals surface area contributed by atoms with Crippen LogP contribution in [0, 0.1) is 0 Å². The van der Waals surface area contributed by atoms with E-state index in [0.29, 0.717) is 0 Å². The minimum absolute atomic E-state index is 0.248. The summed E-state index contributed by atoms with van der Waals surface area (Å²) in [5, 5.41) is 0. The Labute approximate surface area is 62.2 Å². The van der Waals surface area contributed by atoms with Gasteiger partial charge in [-0.05, 0) is 16.0 Å². The van der Waals surface area contributed by atoms with Crippen molar-refractivity contribution in [3.05, 3.63) is 12.2 Å². The van der Waals surface area contributed by atoms with Crippen molar-refractivity contribution in [3.8, 4) is 0 Å². The number of phosphoric acid groups is 1. The lowest BCUT2D eigenvalue weighted by Crippen LogP contribution is -1.90. The van der Waals surface area contributed by atoms with Crippen molar-refractivity contribution < 1.29 is 27.6 Å². The van der Waals surface area contributed by atoms with Crippen LogP contribution in [0.1, 0.15) is 6.92 Å². The van der Waals surface area contributed by atoms with Gasteiger partial charge in [0.1, 0.15) is 0 Å².